The van der Waals surface area contributed by atoms with E-state index in [-0.39, 0.29) is 17.6 Å². The molecule has 1 amide bonds. The third kappa shape index (κ3) is 3.86. The zero-order chi connectivity index (χ0) is 19.6. The van der Waals surface area contributed by atoms with Gasteiger partial charge in [-0.15, -0.1) is 0 Å². The van der Waals surface area contributed by atoms with Crippen LogP contribution in [0, 0.1) is 0 Å². The van der Waals surface area contributed by atoms with Crippen LogP contribution in [0.4, 0.5) is 0 Å². The summed E-state index contributed by atoms with van der Waals surface area (Å²) < 4.78 is 11.5. The predicted octanol–water partition coefficient (Wildman–Crippen LogP) is 5.24. The van der Waals surface area contributed by atoms with Crippen molar-refractivity contribution < 1.29 is 13.9 Å². The molecule has 142 valence electrons. The van der Waals surface area contributed by atoms with E-state index in [9.17, 15) is 4.79 Å². The van der Waals surface area contributed by atoms with Crippen LogP contribution in [-0.2, 0) is 4.79 Å². The van der Waals surface area contributed by atoms with Crippen molar-refractivity contribution in [3.8, 4) is 5.75 Å². The molecule has 0 aliphatic carbocycles. The van der Waals surface area contributed by atoms with Crippen molar-refractivity contribution in [1.29, 1.82) is 0 Å². The van der Waals surface area contributed by atoms with Gasteiger partial charge in [0, 0.05) is 12.0 Å². The van der Waals surface area contributed by atoms with Gasteiger partial charge in [-0.3, -0.25) is 4.79 Å². The molecule has 0 radical (unpaired) electrons. The molecule has 0 bridgehead atoms. The maximum absolute atomic E-state index is 13.3. The van der Waals surface area contributed by atoms with Gasteiger partial charge in [0.15, 0.2) is 0 Å². The minimum absolute atomic E-state index is 0.129. The molecule has 4 heteroatoms. The largest absolute Gasteiger partial charge is 0.487 e. The molecule has 0 spiro atoms. The highest BCUT2D eigenvalue weighted by Gasteiger charge is 2.34. The molecule has 28 heavy (non-hydrogen) atoms. The van der Waals surface area contributed by atoms with Crippen LogP contribution in [0.3, 0.4) is 0 Å². The lowest BCUT2D eigenvalue weighted by Crippen LogP contribution is -2.41. The second-order valence-electron chi connectivity index (χ2n) is 7.57. The number of hydrogen-bond acceptors (Lipinski definition) is 3. The Bertz CT molecular complexity index is 988. The molecule has 0 unspecified atom stereocenters. The Morgan fingerprint density at radius 2 is 1.79 bits per heavy atom. The summed E-state index contributed by atoms with van der Waals surface area (Å²) in [6.45, 7) is 4.08. The Hall–Kier alpha value is -3.27. The second-order valence-corrected chi connectivity index (χ2v) is 7.57. The number of hydrogen-bond donors (Lipinski definition) is 1. The first-order valence-corrected chi connectivity index (χ1v) is 9.41. The third-order valence-corrected chi connectivity index (χ3v) is 4.84. The highest BCUT2D eigenvalue weighted by Crippen LogP contribution is 2.39. The summed E-state index contributed by atoms with van der Waals surface area (Å²) in [6, 6.07) is 21.0. The van der Waals surface area contributed by atoms with E-state index in [4.69, 9.17) is 9.15 Å². The van der Waals surface area contributed by atoms with Crippen molar-refractivity contribution in [2.24, 2.45) is 0 Å². The normalized spacial score (nSPS) is 18.1. The molecule has 4 nitrogen and oxygen atoms in total. The van der Waals surface area contributed by atoms with E-state index in [0.717, 1.165) is 16.9 Å². The number of amides is 1. The zero-order valence-corrected chi connectivity index (χ0v) is 16.0. The first-order valence-electron chi connectivity index (χ1n) is 9.41. The number of ether oxygens (including phenoxy) is 1. The highest BCUT2D eigenvalue weighted by molar-refractivity contribution is 6.24. The van der Waals surface area contributed by atoms with Gasteiger partial charge in [0.1, 0.15) is 17.1 Å². The van der Waals surface area contributed by atoms with Crippen molar-refractivity contribution in [3.05, 3.63) is 89.9 Å². The van der Waals surface area contributed by atoms with Crippen molar-refractivity contribution >= 4 is 17.6 Å². The third-order valence-electron chi connectivity index (χ3n) is 4.84. The summed E-state index contributed by atoms with van der Waals surface area (Å²) in [5.41, 5.74) is 2.05. The maximum atomic E-state index is 13.3. The minimum atomic E-state index is -0.357. The lowest BCUT2D eigenvalue weighted by Gasteiger charge is -2.38. The molecule has 0 fully saturated rings. The number of para-hydroxylation sites is 1. The number of rotatable bonds is 4. The molecule has 1 aliphatic rings. The van der Waals surface area contributed by atoms with Crippen LogP contribution in [0.25, 0.3) is 11.6 Å². The van der Waals surface area contributed by atoms with Crippen LogP contribution < -0.4 is 10.1 Å². The molecule has 4 rings (SSSR count). The molecule has 0 saturated heterocycles. The monoisotopic (exact) mass is 373 g/mol. The van der Waals surface area contributed by atoms with Crippen molar-refractivity contribution in [2.75, 3.05) is 0 Å². The van der Waals surface area contributed by atoms with Gasteiger partial charge in [-0.1, -0.05) is 48.5 Å². The first kappa shape index (κ1) is 18.1. The fourth-order valence-electron chi connectivity index (χ4n) is 3.58. The smallest absolute Gasteiger partial charge is 0.252 e. The molecule has 3 aromatic rings. The molecule has 1 atom stereocenters. The van der Waals surface area contributed by atoms with E-state index in [1.165, 1.54) is 0 Å². The number of carbonyl (C=O) groups is 1. The lowest BCUT2D eigenvalue weighted by molar-refractivity contribution is -0.116. The van der Waals surface area contributed by atoms with Crippen LogP contribution in [0.15, 0.2) is 77.4 Å². The SMILES string of the molecule is CC1(C)C[C@H](NC(=O)/C(=C/c2ccco2)c2ccccc2)c2ccccc2O1. The fourth-order valence-corrected chi connectivity index (χ4v) is 3.58. The Labute approximate surface area is 164 Å². The second kappa shape index (κ2) is 7.39. The number of furan rings is 1. The Balaban J connectivity index is 1.67. The van der Waals surface area contributed by atoms with Crippen LogP contribution in [0.2, 0.25) is 0 Å². The van der Waals surface area contributed by atoms with Crippen LogP contribution >= 0.6 is 0 Å². The summed E-state index contributed by atoms with van der Waals surface area (Å²) in [4.78, 5) is 13.3. The van der Waals surface area contributed by atoms with Gasteiger partial charge in [0.2, 0.25) is 0 Å². The summed E-state index contributed by atoms with van der Waals surface area (Å²) in [5.74, 6) is 1.32. The number of nitrogens with one attached hydrogen (secondary N) is 1. The number of fused-ring (bicyclic) bond motifs is 1. The molecule has 0 saturated carbocycles. The van der Waals surface area contributed by atoms with Gasteiger partial charge in [-0.05, 0) is 43.7 Å². The van der Waals surface area contributed by atoms with Crippen LogP contribution in [0.5, 0.6) is 5.75 Å². The van der Waals surface area contributed by atoms with E-state index in [2.05, 4.69) is 5.32 Å². The van der Waals surface area contributed by atoms with Crippen molar-refractivity contribution in [1.82, 2.24) is 5.32 Å². The Morgan fingerprint density at radius 3 is 2.54 bits per heavy atom. The summed E-state index contributed by atoms with van der Waals surface area (Å²) in [5, 5.41) is 3.21. The molecule has 1 aliphatic heterocycles. The van der Waals surface area contributed by atoms with E-state index >= 15 is 0 Å². The van der Waals surface area contributed by atoms with Gasteiger partial charge in [0.25, 0.3) is 5.91 Å². The average molecular weight is 373 g/mol. The van der Waals surface area contributed by atoms with Gasteiger partial charge < -0.3 is 14.5 Å². The van der Waals surface area contributed by atoms with Crippen LogP contribution in [0.1, 0.15) is 43.2 Å². The van der Waals surface area contributed by atoms with Crippen LogP contribution in [-0.4, -0.2) is 11.5 Å². The highest BCUT2D eigenvalue weighted by atomic mass is 16.5. The van der Waals surface area contributed by atoms with E-state index in [1.807, 2.05) is 80.6 Å². The summed E-state index contributed by atoms with van der Waals surface area (Å²) in [6.07, 6.45) is 4.07. The standard InChI is InChI=1S/C24H23NO3/c1-24(2)16-21(19-12-6-7-13-22(19)28-24)25-23(26)20(15-18-11-8-14-27-18)17-9-4-3-5-10-17/h3-15,21H,16H2,1-2H3,(H,25,26)/b20-15+/t21-/m0/s1. The number of benzene rings is 2. The maximum Gasteiger partial charge on any atom is 0.252 e. The van der Waals surface area contributed by atoms with Gasteiger partial charge in [-0.25, -0.2) is 0 Å². The first-order chi connectivity index (χ1) is 13.5. The summed E-state index contributed by atoms with van der Waals surface area (Å²) in [7, 11) is 0. The van der Waals surface area contributed by atoms with Crippen molar-refractivity contribution in [3.63, 3.8) is 0 Å². The fraction of sp³-hybridized carbons (Fsp3) is 0.208. The van der Waals surface area contributed by atoms with E-state index in [0.29, 0.717) is 17.8 Å². The molecular weight excluding hydrogens is 350 g/mol. The average Bonchev–Trinajstić information content (AvgIpc) is 3.19. The van der Waals surface area contributed by atoms with E-state index in [1.54, 1.807) is 12.3 Å². The van der Waals surface area contributed by atoms with Gasteiger partial charge >= 0.3 is 0 Å². The summed E-state index contributed by atoms with van der Waals surface area (Å²) >= 11 is 0. The molecule has 2 heterocycles. The Morgan fingerprint density at radius 1 is 1.04 bits per heavy atom. The lowest BCUT2D eigenvalue weighted by atomic mass is 9.89. The molecule has 2 aromatic carbocycles. The van der Waals surface area contributed by atoms with Gasteiger partial charge in [0.05, 0.1) is 17.9 Å². The molecular formula is C24H23NO3. The quantitative estimate of drug-likeness (QED) is 0.637. The van der Waals surface area contributed by atoms with E-state index < -0.39 is 0 Å². The minimum Gasteiger partial charge on any atom is -0.487 e. The van der Waals surface area contributed by atoms with Gasteiger partial charge in [-0.2, -0.15) is 0 Å². The molecule has 1 N–H and O–H groups in total. The Kier molecular flexibility index (Phi) is 4.78. The predicted molar refractivity (Wildman–Crippen MR) is 110 cm³/mol. The zero-order valence-electron chi connectivity index (χ0n) is 16.0. The topological polar surface area (TPSA) is 51.5 Å². The van der Waals surface area contributed by atoms with Crippen molar-refractivity contribution in [2.45, 2.75) is 31.9 Å². The number of carbonyl (C=O) groups excluding carboxylic acids is 1. The molecule has 1 aromatic heterocycles.